The molecule has 0 aliphatic heterocycles. The Bertz CT molecular complexity index is 423. The van der Waals surface area contributed by atoms with E-state index in [1.807, 2.05) is 13.0 Å². The number of unbranched alkanes of at least 4 members (excludes halogenated alkanes) is 1. The van der Waals surface area contributed by atoms with E-state index in [0.717, 1.165) is 12.8 Å². The van der Waals surface area contributed by atoms with Gasteiger partial charge in [-0.3, -0.25) is 4.79 Å². The van der Waals surface area contributed by atoms with E-state index < -0.39 is 0 Å². The van der Waals surface area contributed by atoms with Crippen LogP contribution in [0.2, 0.25) is 0 Å². The van der Waals surface area contributed by atoms with Crippen molar-refractivity contribution >= 4 is 5.91 Å². The van der Waals surface area contributed by atoms with Crippen LogP contribution in [0, 0.1) is 11.3 Å². The Hall–Kier alpha value is -1.93. The molecule has 0 bridgehead atoms. The van der Waals surface area contributed by atoms with Crippen LogP contribution in [0.25, 0.3) is 0 Å². The van der Waals surface area contributed by atoms with Gasteiger partial charge < -0.3 is 10.0 Å². The van der Waals surface area contributed by atoms with E-state index in [1.165, 1.54) is 12.3 Å². The first-order chi connectivity index (χ1) is 8.72. The van der Waals surface area contributed by atoms with Gasteiger partial charge in [0.15, 0.2) is 0 Å². The number of pyridine rings is 1. The number of amides is 1. The van der Waals surface area contributed by atoms with Gasteiger partial charge in [-0.15, -0.1) is 0 Å². The first-order valence-electron chi connectivity index (χ1n) is 5.99. The van der Waals surface area contributed by atoms with Gasteiger partial charge in [-0.25, -0.2) is 4.98 Å². The van der Waals surface area contributed by atoms with Crippen molar-refractivity contribution in [2.24, 2.45) is 0 Å². The first-order valence-corrected chi connectivity index (χ1v) is 5.99. The van der Waals surface area contributed by atoms with Crippen molar-refractivity contribution in [3.63, 3.8) is 0 Å². The number of nitriles is 1. The van der Waals surface area contributed by atoms with Crippen LogP contribution in [0.3, 0.4) is 0 Å². The number of aliphatic hydroxyl groups is 1. The van der Waals surface area contributed by atoms with Gasteiger partial charge in [-0.1, -0.05) is 13.3 Å². The molecule has 0 aromatic carbocycles. The van der Waals surface area contributed by atoms with Gasteiger partial charge in [-0.2, -0.15) is 5.26 Å². The summed E-state index contributed by atoms with van der Waals surface area (Å²) in [7, 11) is 0. The average Bonchev–Trinajstić information content (AvgIpc) is 2.43. The van der Waals surface area contributed by atoms with Gasteiger partial charge in [-0.05, 0) is 18.6 Å². The second-order valence-electron chi connectivity index (χ2n) is 3.91. The topological polar surface area (TPSA) is 77.2 Å². The van der Waals surface area contributed by atoms with Gasteiger partial charge >= 0.3 is 0 Å². The van der Waals surface area contributed by atoms with E-state index in [4.69, 9.17) is 10.4 Å². The van der Waals surface area contributed by atoms with Gasteiger partial charge in [0, 0.05) is 19.3 Å². The number of hydrogen-bond acceptors (Lipinski definition) is 4. The van der Waals surface area contributed by atoms with Crippen molar-refractivity contribution in [1.29, 1.82) is 5.26 Å². The molecule has 1 aromatic heterocycles. The minimum atomic E-state index is -0.206. The molecule has 1 rings (SSSR count). The molecule has 0 aliphatic carbocycles. The molecule has 0 spiro atoms. The second kappa shape index (κ2) is 7.41. The van der Waals surface area contributed by atoms with E-state index in [0.29, 0.717) is 24.3 Å². The number of aromatic nitrogens is 1. The largest absolute Gasteiger partial charge is 0.395 e. The fourth-order valence-electron chi connectivity index (χ4n) is 1.53. The van der Waals surface area contributed by atoms with Crippen LogP contribution in [0.4, 0.5) is 0 Å². The van der Waals surface area contributed by atoms with E-state index in [1.54, 1.807) is 11.0 Å². The lowest BCUT2D eigenvalue weighted by Gasteiger charge is -2.20. The number of carbonyl (C=O) groups is 1. The third kappa shape index (κ3) is 3.82. The lowest BCUT2D eigenvalue weighted by Crippen LogP contribution is -2.34. The van der Waals surface area contributed by atoms with Crippen LogP contribution in [-0.4, -0.2) is 40.6 Å². The summed E-state index contributed by atoms with van der Waals surface area (Å²) in [6, 6.07) is 5.06. The van der Waals surface area contributed by atoms with Crippen LogP contribution in [0.15, 0.2) is 18.3 Å². The lowest BCUT2D eigenvalue weighted by molar-refractivity contribution is 0.0713. The molecule has 0 saturated heterocycles. The highest BCUT2D eigenvalue weighted by molar-refractivity contribution is 5.92. The quantitative estimate of drug-likeness (QED) is 0.819. The maximum absolute atomic E-state index is 12.1. The molecule has 5 heteroatoms. The molecule has 0 unspecified atom stereocenters. The summed E-state index contributed by atoms with van der Waals surface area (Å²) < 4.78 is 0. The molecule has 0 fully saturated rings. The van der Waals surface area contributed by atoms with Gasteiger partial charge in [0.2, 0.25) is 0 Å². The van der Waals surface area contributed by atoms with Gasteiger partial charge in [0.25, 0.3) is 5.91 Å². The molecule has 1 heterocycles. The Morgan fingerprint density at radius 2 is 2.28 bits per heavy atom. The molecule has 1 N–H and O–H groups in total. The van der Waals surface area contributed by atoms with Crippen molar-refractivity contribution in [2.75, 3.05) is 19.7 Å². The minimum Gasteiger partial charge on any atom is -0.395 e. The molecule has 1 aromatic rings. The summed E-state index contributed by atoms with van der Waals surface area (Å²) in [5, 5.41) is 17.6. The normalized spacial score (nSPS) is 9.83. The molecule has 0 atom stereocenters. The van der Waals surface area contributed by atoms with Crippen LogP contribution < -0.4 is 0 Å². The number of carbonyl (C=O) groups excluding carboxylic acids is 1. The Balaban J connectivity index is 2.77. The molecule has 5 nitrogen and oxygen atoms in total. The predicted molar refractivity (Wildman–Crippen MR) is 66.8 cm³/mol. The van der Waals surface area contributed by atoms with Gasteiger partial charge in [0.05, 0.1) is 12.2 Å². The van der Waals surface area contributed by atoms with Crippen LogP contribution in [0.5, 0.6) is 0 Å². The standard InChI is InChI=1S/C13H17N3O2/c1-2-3-6-16(7-8-17)13(18)12-5-4-11(9-14)10-15-12/h4-5,10,17H,2-3,6-8H2,1H3. The molecule has 0 saturated carbocycles. The highest BCUT2D eigenvalue weighted by atomic mass is 16.3. The Morgan fingerprint density at radius 1 is 1.50 bits per heavy atom. The van der Waals surface area contributed by atoms with Crippen molar-refractivity contribution in [2.45, 2.75) is 19.8 Å². The zero-order valence-corrected chi connectivity index (χ0v) is 10.5. The number of aliphatic hydroxyl groups excluding tert-OH is 1. The van der Waals surface area contributed by atoms with Crippen molar-refractivity contribution in [3.05, 3.63) is 29.6 Å². The fraction of sp³-hybridized carbons (Fsp3) is 0.462. The molecule has 0 radical (unpaired) electrons. The molecular weight excluding hydrogens is 230 g/mol. The summed E-state index contributed by atoms with van der Waals surface area (Å²) in [4.78, 5) is 17.7. The highest BCUT2D eigenvalue weighted by Gasteiger charge is 2.15. The summed E-state index contributed by atoms with van der Waals surface area (Å²) in [6.07, 6.45) is 3.25. The van der Waals surface area contributed by atoms with Crippen LogP contribution in [-0.2, 0) is 0 Å². The monoisotopic (exact) mass is 247 g/mol. The van der Waals surface area contributed by atoms with Gasteiger partial charge in [0.1, 0.15) is 11.8 Å². The number of hydrogen-bond donors (Lipinski definition) is 1. The van der Waals surface area contributed by atoms with Crippen LogP contribution in [0.1, 0.15) is 35.8 Å². The Labute approximate surface area is 107 Å². The maximum Gasteiger partial charge on any atom is 0.272 e. The molecule has 96 valence electrons. The zero-order valence-electron chi connectivity index (χ0n) is 10.5. The number of rotatable bonds is 6. The lowest BCUT2D eigenvalue weighted by atomic mass is 10.2. The third-order valence-corrected chi connectivity index (χ3v) is 2.55. The fourth-order valence-corrected chi connectivity index (χ4v) is 1.53. The van der Waals surface area contributed by atoms with E-state index in [-0.39, 0.29) is 12.5 Å². The van der Waals surface area contributed by atoms with E-state index >= 15 is 0 Å². The molecule has 0 aliphatic rings. The maximum atomic E-state index is 12.1. The zero-order chi connectivity index (χ0) is 13.4. The predicted octanol–water partition coefficient (Wildman–Crippen LogP) is 1.19. The summed E-state index contributed by atoms with van der Waals surface area (Å²) in [6.45, 7) is 2.89. The summed E-state index contributed by atoms with van der Waals surface area (Å²) in [5.41, 5.74) is 0.729. The SMILES string of the molecule is CCCCN(CCO)C(=O)c1ccc(C#N)cn1. The first kappa shape index (κ1) is 14.1. The second-order valence-corrected chi connectivity index (χ2v) is 3.91. The molecule has 1 amide bonds. The smallest absolute Gasteiger partial charge is 0.272 e. The van der Waals surface area contributed by atoms with E-state index in [9.17, 15) is 4.79 Å². The minimum absolute atomic E-state index is 0.0638. The summed E-state index contributed by atoms with van der Waals surface area (Å²) in [5.74, 6) is -0.206. The molecule has 18 heavy (non-hydrogen) atoms. The third-order valence-electron chi connectivity index (χ3n) is 2.55. The average molecular weight is 247 g/mol. The number of nitrogens with zero attached hydrogens (tertiary/aromatic N) is 3. The van der Waals surface area contributed by atoms with E-state index in [2.05, 4.69) is 4.98 Å². The van der Waals surface area contributed by atoms with Crippen molar-refractivity contribution < 1.29 is 9.90 Å². The summed E-state index contributed by atoms with van der Waals surface area (Å²) >= 11 is 0. The van der Waals surface area contributed by atoms with Crippen LogP contribution >= 0.6 is 0 Å². The Kier molecular flexibility index (Phi) is 5.81. The molecular formula is C13H17N3O2. The van der Waals surface area contributed by atoms with Crippen molar-refractivity contribution in [3.8, 4) is 6.07 Å². The van der Waals surface area contributed by atoms with Crippen molar-refractivity contribution in [1.82, 2.24) is 9.88 Å². The highest BCUT2D eigenvalue weighted by Crippen LogP contribution is 2.05. The Morgan fingerprint density at radius 3 is 2.78 bits per heavy atom.